The minimum atomic E-state index is -0.830. The molecule has 3 atom stereocenters. The molecule has 0 radical (unpaired) electrons. The maximum Gasteiger partial charge on any atom is 0.266 e. The Balaban J connectivity index is 1.64. The maximum absolute atomic E-state index is 13.3. The van der Waals surface area contributed by atoms with Gasteiger partial charge in [-0.3, -0.25) is 14.4 Å². The Labute approximate surface area is 186 Å². The van der Waals surface area contributed by atoms with Gasteiger partial charge < -0.3 is 0 Å². The number of hydrogen-bond donors (Lipinski definition) is 0. The zero-order valence-electron chi connectivity index (χ0n) is 16.8. The van der Waals surface area contributed by atoms with Crippen molar-refractivity contribution in [1.29, 1.82) is 0 Å². The number of benzene rings is 2. The van der Waals surface area contributed by atoms with E-state index in [2.05, 4.69) is 6.92 Å². The maximum atomic E-state index is 13.3. The highest BCUT2D eigenvalue weighted by Gasteiger charge is 2.59. The fourth-order valence-corrected chi connectivity index (χ4v) is 4.57. The van der Waals surface area contributed by atoms with Crippen LogP contribution in [0.4, 0.5) is 11.4 Å². The minimum absolute atomic E-state index is 0.209. The van der Waals surface area contributed by atoms with Crippen molar-refractivity contribution in [3.63, 3.8) is 0 Å². The second kappa shape index (κ2) is 8.96. The topological polar surface area (TPSA) is 49.9 Å². The van der Waals surface area contributed by atoms with Crippen LogP contribution in [0.1, 0.15) is 39.0 Å². The fourth-order valence-electron chi connectivity index (χ4n) is 4.27. The number of nitrogens with zero attached hydrogens (tertiary/aromatic N) is 2. The average molecular weight is 447 g/mol. The summed E-state index contributed by atoms with van der Waals surface area (Å²) < 4.78 is 0. The van der Waals surface area contributed by atoms with Crippen molar-refractivity contribution in [2.75, 3.05) is 9.96 Å². The summed E-state index contributed by atoms with van der Waals surface area (Å²) in [5.74, 6) is -1.08. The second-order valence-corrected chi connectivity index (χ2v) is 8.55. The van der Waals surface area contributed by atoms with Crippen LogP contribution in [-0.2, 0) is 14.4 Å². The first-order valence-corrected chi connectivity index (χ1v) is 11.1. The predicted octanol–water partition coefficient (Wildman–Crippen LogP) is 5.64. The summed E-state index contributed by atoms with van der Waals surface area (Å²) in [6.07, 6.45) is 4.21. The number of anilines is 2. The Kier molecular flexibility index (Phi) is 6.32. The van der Waals surface area contributed by atoms with Gasteiger partial charge >= 0.3 is 0 Å². The van der Waals surface area contributed by atoms with E-state index in [0.29, 0.717) is 21.4 Å². The third-order valence-corrected chi connectivity index (χ3v) is 6.50. The van der Waals surface area contributed by atoms with Gasteiger partial charge in [0.05, 0.1) is 33.4 Å². The molecule has 2 aromatic carbocycles. The monoisotopic (exact) mass is 446 g/mol. The number of unbranched alkanes of at least 4 members (excludes halogenated alkanes) is 3. The number of para-hydroxylation sites is 1. The van der Waals surface area contributed by atoms with Crippen molar-refractivity contribution < 1.29 is 14.4 Å². The van der Waals surface area contributed by atoms with E-state index in [1.807, 2.05) is 18.2 Å². The second-order valence-electron chi connectivity index (χ2n) is 7.74. The Bertz CT molecular complexity index is 937. The van der Waals surface area contributed by atoms with Crippen LogP contribution in [0.3, 0.4) is 0 Å². The standard InChI is InChI=1S/C23H24Cl2N2O3/c1-2-3-4-8-11-19-20-21(30-27(19)16-12-13-17(24)18(25)14-16)23(29)26(22(20)28)15-9-6-5-7-10-15/h5-7,9-10,12-14,19-21H,2-4,8,11H2,1H3/t19-,20-,21-/m0/s1. The van der Waals surface area contributed by atoms with Crippen molar-refractivity contribution in [2.24, 2.45) is 5.92 Å². The van der Waals surface area contributed by atoms with Crippen molar-refractivity contribution in [3.05, 3.63) is 58.6 Å². The summed E-state index contributed by atoms with van der Waals surface area (Å²) in [7, 11) is 0. The van der Waals surface area contributed by atoms with Gasteiger partial charge in [0.1, 0.15) is 0 Å². The SMILES string of the molecule is CCCCCC[C@H]1[C@@H]2C(=O)N(c3ccccc3)C(=O)[C@H]2ON1c1ccc(Cl)c(Cl)c1. The molecule has 0 bridgehead atoms. The molecule has 30 heavy (non-hydrogen) atoms. The highest BCUT2D eigenvalue weighted by Crippen LogP contribution is 2.43. The van der Waals surface area contributed by atoms with E-state index >= 15 is 0 Å². The van der Waals surface area contributed by atoms with Gasteiger partial charge in [-0.15, -0.1) is 0 Å². The van der Waals surface area contributed by atoms with Gasteiger partial charge in [-0.1, -0.05) is 74.0 Å². The zero-order chi connectivity index (χ0) is 21.3. The van der Waals surface area contributed by atoms with E-state index in [4.69, 9.17) is 28.0 Å². The fraction of sp³-hybridized carbons (Fsp3) is 0.391. The zero-order valence-corrected chi connectivity index (χ0v) is 18.3. The number of amides is 2. The van der Waals surface area contributed by atoms with Crippen LogP contribution < -0.4 is 9.96 Å². The van der Waals surface area contributed by atoms with E-state index in [-0.39, 0.29) is 17.9 Å². The van der Waals surface area contributed by atoms with E-state index < -0.39 is 12.0 Å². The minimum Gasteiger partial charge on any atom is -0.273 e. The molecule has 2 aliphatic rings. The van der Waals surface area contributed by atoms with Gasteiger partial charge in [0.25, 0.3) is 5.91 Å². The number of carbonyl (C=O) groups excluding carboxylic acids is 2. The normalized spacial score (nSPS) is 23.4. The lowest BCUT2D eigenvalue weighted by atomic mass is 9.92. The van der Waals surface area contributed by atoms with E-state index in [0.717, 1.165) is 32.1 Å². The quantitative estimate of drug-likeness (QED) is 0.407. The molecule has 0 saturated carbocycles. The molecule has 2 fully saturated rings. The van der Waals surface area contributed by atoms with Crippen LogP contribution >= 0.6 is 23.2 Å². The molecule has 0 aliphatic carbocycles. The predicted molar refractivity (Wildman–Crippen MR) is 119 cm³/mol. The number of imide groups is 1. The Morgan fingerprint density at radius 2 is 1.67 bits per heavy atom. The smallest absolute Gasteiger partial charge is 0.266 e. The highest BCUT2D eigenvalue weighted by atomic mass is 35.5. The first-order valence-electron chi connectivity index (χ1n) is 10.4. The average Bonchev–Trinajstić information content (AvgIpc) is 3.24. The number of rotatable bonds is 7. The van der Waals surface area contributed by atoms with Gasteiger partial charge in [0.2, 0.25) is 5.91 Å². The molecule has 0 N–H and O–H groups in total. The Morgan fingerprint density at radius 3 is 2.37 bits per heavy atom. The number of hydroxylamine groups is 1. The number of hydrogen-bond acceptors (Lipinski definition) is 4. The molecule has 0 unspecified atom stereocenters. The molecule has 7 heteroatoms. The number of carbonyl (C=O) groups is 2. The van der Waals surface area contributed by atoms with Crippen LogP contribution in [0.5, 0.6) is 0 Å². The van der Waals surface area contributed by atoms with Gasteiger partial charge in [-0.05, 0) is 36.8 Å². The molecule has 0 aromatic heterocycles. The van der Waals surface area contributed by atoms with Crippen LogP contribution in [0.15, 0.2) is 48.5 Å². The van der Waals surface area contributed by atoms with Gasteiger partial charge in [-0.25, -0.2) is 9.96 Å². The van der Waals surface area contributed by atoms with Crippen LogP contribution in [0.25, 0.3) is 0 Å². The molecule has 2 saturated heterocycles. The van der Waals surface area contributed by atoms with Crippen molar-refractivity contribution in [2.45, 2.75) is 51.2 Å². The van der Waals surface area contributed by atoms with Crippen molar-refractivity contribution >= 4 is 46.4 Å². The van der Waals surface area contributed by atoms with E-state index in [9.17, 15) is 9.59 Å². The van der Waals surface area contributed by atoms with E-state index in [1.54, 1.807) is 35.4 Å². The summed E-state index contributed by atoms with van der Waals surface area (Å²) in [5.41, 5.74) is 1.28. The molecule has 2 amide bonds. The Morgan fingerprint density at radius 1 is 0.900 bits per heavy atom. The largest absolute Gasteiger partial charge is 0.273 e. The molecular weight excluding hydrogens is 423 g/mol. The molecule has 2 heterocycles. The summed E-state index contributed by atoms with van der Waals surface area (Å²) >= 11 is 12.3. The van der Waals surface area contributed by atoms with Gasteiger partial charge in [0, 0.05) is 0 Å². The molecule has 158 valence electrons. The third kappa shape index (κ3) is 3.82. The van der Waals surface area contributed by atoms with Gasteiger partial charge in [-0.2, -0.15) is 0 Å². The molecule has 5 nitrogen and oxygen atoms in total. The summed E-state index contributed by atoms with van der Waals surface area (Å²) in [6, 6.07) is 14.0. The van der Waals surface area contributed by atoms with Gasteiger partial charge in [0.15, 0.2) is 6.10 Å². The van der Waals surface area contributed by atoms with Crippen molar-refractivity contribution in [1.82, 2.24) is 0 Å². The molecular formula is C23H24Cl2N2O3. The van der Waals surface area contributed by atoms with E-state index in [1.165, 1.54) is 4.90 Å². The lowest BCUT2D eigenvalue weighted by Crippen LogP contribution is -2.40. The first-order chi connectivity index (χ1) is 14.5. The molecule has 0 spiro atoms. The third-order valence-electron chi connectivity index (χ3n) is 5.76. The summed E-state index contributed by atoms with van der Waals surface area (Å²) in [5, 5.41) is 2.55. The lowest BCUT2D eigenvalue weighted by molar-refractivity contribution is -0.126. The number of halogens is 2. The molecule has 2 aliphatic heterocycles. The molecule has 2 aromatic rings. The Hall–Kier alpha value is -2.08. The summed E-state index contributed by atoms with van der Waals surface area (Å²) in [4.78, 5) is 33.8. The summed E-state index contributed by atoms with van der Waals surface area (Å²) in [6.45, 7) is 2.16. The lowest BCUT2D eigenvalue weighted by Gasteiger charge is -2.28. The van der Waals surface area contributed by atoms with Crippen LogP contribution in [-0.4, -0.2) is 24.0 Å². The first kappa shape index (κ1) is 21.2. The van der Waals surface area contributed by atoms with Crippen LogP contribution in [0.2, 0.25) is 10.0 Å². The molecule has 4 rings (SSSR count). The highest BCUT2D eigenvalue weighted by molar-refractivity contribution is 6.42. The number of fused-ring (bicyclic) bond motifs is 1. The van der Waals surface area contributed by atoms with Crippen molar-refractivity contribution in [3.8, 4) is 0 Å². The van der Waals surface area contributed by atoms with Crippen LogP contribution in [0, 0.1) is 5.92 Å².